The van der Waals surface area contributed by atoms with Crippen molar-refractivity contribution >= 4 is 25.2 Å². The predicted molar refractivity (Wildman–Crippen MR) is 126 cm³/mol. The number of nitrogens with two attached hydrogens (primary N) is 1. The zero-order chi connectivity index (χ0) is 20.2. The largest absolute Gasteiger partial charge is 0.315 e. The van der Waals surface area contributed by atoms with Crippen molar-refractivity contribution in [3.05, 3.63) is 30.3 Å². The lowest BCUT2D eigenvalue weighted by Crippen LogP contribution is -2.36. The van der Waals surface area contributed by atoms with E-state index in [4.69, 9.17) is 5.50 Å². The van der Waals surface area contributed by atoms with Crippen LogP contribution in [0.1, 0.15) is 84.5 Å². The highest BCUT2D eigenvalue weighted by molar-refractivity contribution is 8.07. The van der Waals surface area contributed by atoms with Gasteiger partial charge in [0.2, 0.25) is 0 Å². The molecule has 0 bridgehead atoms. The van der Waals surface area contributed by atoms with Gasteiger partial charge in [0, 0.05) is 18.3 Å². The summed E-state index contributed by atoms with van der Waals surface area (Å²) in [6.45, 7) is 6.11. The maximum atomic E-state index is 14.0. The Morgan fingerprint density at radius 3 is 2.00 bits per heavy atom. The summed E-state index contributed by atoms with van der Waals surface area (Å²) >= 11 is 1.71. The quantitative estimate of drug-likeness (QED) is 0.183. The molecule has 0 amide bonds. The third-order valence-electron chi connectivity index (χ3n) is 5.48. The van der Waals surface area contributed by atoms with E-state index < -0.39 is 7.59 Å². The minimum Gasteiger partial charge on any atom is -0.263 e. The van der Waals surface area contributed by atoms with Gasteiger partial charge in [-0.2, -0.15) is 0 Å². The molecule has 6 heteroatoms. The summed E-state index contributed by atoms with van der Waals surface area (Å²) in [5.41, 5.74) is 7.65. The molecule has 1 aromatic carbocycles. The minimum absolute atomic E-state index is 0.541. The van der Waals surface area contributed by atoms with Gasteiger partial charge in [-0.3, -0.25) is 10.1 Å². The molecule has 0 heterocycles. The second-order valence-corrected chi connectivity index (χ2v) is 11.6. The Labute approximate surface area is 177 Å². The van der Waals surface area contributed by atoms with E-state index in [1.54, 1.807) is 11.9 Å². The molecule has 4 nitrogen and oxygen atoms in total. The topological polar surface area (TPSA) is 49.6 Å². The molecule has 1 aliphatic carbocycles. The molecule has 0 saturated heterocycles. The number of rotatable bonds is 15. The first kappa shape index (κ1) is 23.8. The molecule has 1 atom stereocenters. The molecule has 2 N–H and O–H groups in total. The Morgan fingerprint density at radius 2 is 1.54 bits per heavy atom. The number of benzene rings is 1. The fraction of sp³-hybridized carbons (Fsp3) is 0.727. The Kier molecular flexibility index (Phi) is 11.0. The van der Waals surface area contributed by atoms with E-state index in [2.05, 4.69) is 18.5 Å². The van der Waals surface area contributed by atoms with Gasteiger partial charge in [0.1, 0.15) is 0 Å². The predicted octanol–water partition coefficient (Wildman–Crippen LogP) is 7.22. The molecule has 1 fully saturated rings. The van der Waals surface area contributed by atoms with Crippen molar-refractivity contribution < 1.29 is 4.57 Å². The summed E-state index contributed by atoms with van der Waals surface area (Å²) in [7, 11) is -3.14. The zero-order valence-corrected chi connectivity index (χ0v) is 19.6. The van der Waals surface area contributed by atoms with Crippen LogP contribution in [0.25, 0.3) is 0 Å². The standard InChI is InChI=1S/C22H40N3OPS/c1-3-5-7-12-19-24(20-13-8-6-4-2)27(23,26)25(28-22-17-14-18-22)21-15-10-9-11-16-21/h9-11,15-16,22H,3-8,12-14,17-20H2,1-2H3,(H2,23,26). The lowest BCUT2D eigenvalue weighted by molar-refractivity contribution is 0.384. The average Bonchev–Trinajstić information content (AvgIpc) is 2.66. The van der Waals surface area contributed by atoms with Crippen LogP contribution in [0.3, 0.4) is 0 Å². The van der Waals surface area contributed by atoms with Crippen molar-refractivity contribution in [2.24, 2.45) is 5.50 Å². The van der Waals surface area contributed by atoms with Crippen LogP contribution in [0, 0.1) is 0 Å². The van der Waals surface area contributed by atoms with Crippen molar-refractivity contribution in [1.82, 2.24) is 4.67 Å². The summed E-state index contributed by atoms with van der Waals surface area (Å²) in [5.74, 6) is 0. The molecule has 0 aliphatic heterocycles. The summed E-state index contributed by atoms with van der Waals surface area (Å²) in [6.07, 6.45) is 13.1. The molecule has 28 heavy (non-hydrogen) atoms. The van der Waals surface area contributed by atoms with Crippen LogP contribution in [0.2, 0.25) is 0 Å². The molecule has 0 aromatic heterocycles. The first-order valence-corrected chi connectivity index (χ1v) is 13.8. The number of nitrogens with zero attached hydrogens (tertiary/aromatic N) is 2. The molecule has 0 spiro atoms. The van der Waals surface area contributed by atoms with Crippen LogP contribution < -0.4 is 9.58 Å². The van der Waals surface area contributed by atoms with Gasteiger partial charge in [0.05, 0.1) is 5.69 Å². The monoisotopic (exact) mass is 425 g/mol. The van der Waals surface area contributed by atoms with Gasteiger partial charge in [0.25, 0.3) is 0 Å². The minimum atomic E-state index is -3.14. The third-order valence-corrected chi connectivity index (χ3v) is 9.61. The highest BCUT2D eigenvalue weighted by Gasteiger charge is 2.36. The van der Waals surface area contributed by atoms with Crippen molar-refractivity contribution in [2.75, 3.05) is 17.2 Å². The lowest BCUT2D eigenvalue weighted by Gasteiger charge is -2.40. The maximum absolute atomic E-state index is 14.0. The maximum Gasteiger partial charge on any atom is 0.315 e. The molecule has 2 rings (SSSR count). The van der Waals surface area contributed by atoms with E-state index in [-0.39, 0.29) is 0 Å². The molecular weight excluding hydrogens is 385 g/mol. The van der Waals surface area contributed by atoms with E-state index in [9.17, 15) is 4.57 Å². The van der Waals surface area contributed by atoms with Gasteiger partial charge in [0.15, 0.2) is 0 Å². The normalized spacial score (nSPS) is 16.7. The average molecular weight is 426 g/mol. The molecule has 0 radical (unpaired) electrons. The van der Waals surface area contributed by atoms with Crippen molar-refractivity contribution in [1.29, 1.82) is 0 Å². The van der Waals surface area contributed by atoms with Crippen molar-refractivity contribution in [2.45, 2.75) is 89.7 Å². The number of unbranched alkanes of at least 4 members (excludes halogenated alkanes) is 6. The molecule has 1 saturated carbocycles. The summed E-state index contributed by atoms with van der Waals surface area (Å²) in [6, 6.07) is 10.1. The molecule has 1 aliphatic rings. The Balaban J connectivity index is 2.14. The fourth-order valence-electron chi connectivity index (χ4n) is 3.42. The van der Waals surface area contributed by atoms with Gasteiger partial charge in [-0.15, -0.1) is 0 Å². The SMILES string of the molecule is CCCCCCN(CCCCCC)P(N)(=O)N(SC1CCC1)c1ccccc1. The molecule has 1 aromatic rings. The number of hydrogen-bond donors (Lipinski definition) is 1. The van der Waals surface area contributed by atoms with Crippen LogP contribution in [0.15, 0.2) is 30.3 Å². The fourth-order valence-corrected chi connectivity index (χ4v) is 7.29. The Bertz CT molecular complexity index is 570. The van der Waals surface area contributed by atoms with Crippen molar-refractivity contribution in [3.63, 3.8) is 0 Å². The second-order valence-electron chi connectivity index (χ2n) is 7.93. The zero-order valence-electron chi connectivity index (χ0n) is 17.9. The third kappa shape index (κ3) is 7.40. The molecule has 1 unspecified atom stereocenters. The number of hydrogen-bond acceptors (Lipinski definition) is 2. The van der Waals surface area contributed by atoms with Crippen molar-refractivity contribution in [3.8, 4) is 0 Å². The first-order valence-electron chi connectivity index (χ1n) is 11.3. The van der Waals surface area contributed by atoms with Crippen LogP contribution >= 0.6 is 19.5 Å². The van der Waals surface area contributed by atoms with Crippen LogP contribution in [0.5, 0.6) is 0 Å². The Morgan fingerprint density at radius 1 is 0.964 bits per heavy atom. The highest BCUT2D eigenvalue weighted by atomic mass is 32.2. The smallest absolute Gasteiger partial charge is 0.263 e. The van der Waals surface area contributed by atoms with E-state index in [1.165, 1.54) is 57.8 Å². The van der Waals surface area contributed by atoms with Crippen LogP contribution in [0.4, 0.5) is 5.69 Å². The second kappa shape index (κ2) is 13.0. The molecule has 160 valence electrons. The molecular formula is C22H40N3OPS. The van der Waals surface area contributed by atoms with Gasteiger partial charge in [-0.1, -0.05) is 77.0 Å². The van der Waals surface area contributed by atoms with E-state index in [0.29, 0.717) is 5.25 Å². The summed E-state index contributed by atoms with van der Waals surface area (Å²) < 4.78 is 18.1. The van der Waals surface area contributed by atoms with Crippen LogP contribution in [-0.4, -0.2) is 23.0 Å². The highest BCUT2D eigenvalue weighted by Crippen LogP contribution is 2.55. The van der Waals surface area contributed by atoms with Gasteiger partial charge in [-0.05, 0) is 49.8 Å². The van der Waals surface area contributed by atoms with Gasteiger partial charge >= 0.3 is 7.59 Å². The van der Waals surface area contributed by atoms with Crippen LogP contribution in [-0.2, 0) is 4.57 Å². The van der Waals surface area contributed by atoms with E-state index in [1.807, 2.05) is 34.4 Å². The Hall–Kier alpha value is -0.480. The van der Waals surface area contributed by atoms with E-state index >= 15 is 0 Å². The number of para-hydroxylation sites is 1. The number of anilines is 1. The van der Waals surface area contributed by atoms with E-state index in [0.717, 1.165) is 31.6 Å². The lowest BCUT2D eigenvalue weighted by atomic mass is 10.0. The summed E-state index contributed by atoms with van der Waals surface area (Å²) in [4.78, 5) is 0. The summed E-state index contributed by atoms with van der Waals surface area (Å²) in [5, 5.41) is 0.541. The first-order chi connectivity index (χ1) is 13.6. The van der Waals surface area contributed by atoms with Gasteiger partial charge < -0.3 is 0 Å². The van der Waals surface area contributed by atoms with Gasteiger partial charge in [-0.25, -0.2) is 8.75 Å².